The Hall–Kier alpha value is -6.18. The van der Waals surface area contributed by atoms with E-state index in [0.29, 0.717) is 43.1 Å². The normalized spacial score (nSPS) is 15.4. The number of hydrogen-bond acceptors (Lipinski definition) is 13. The van der Waals surface area contributed by atoms with Crippen LogP contribution in [-0.2, 0) is 27.5 Å². The van der Waals surface area contributed by atoms with E-state index in [1.165, 1.54) is 0 Å². The highest BCUT2D eigenvalue weighted by atomic mass is 16.5. The first-order chi connectivity index (χ1) is 31.2. The largest absolute Gasteiger partial charge is 0.495 e. The number of amides is 2. The molecule has 16 nitrogen and oxygen atoms in total. The Morgan fingerprint density at radius 3 is 2.66 bits per heavy atom. The number of aldehydes is 2. The lowest BCUT2D eigenvalue weighted by Crippen LogP contribution is -2.55. The summed E-state index contributed by atoms with van der Waals surface area (Å²) in [6, 6.07) is 10.9. The van der Waals surface area contributed by atoms with Gasteiger partial charge in [0.1, 0.15) is 35.7 Å². The molecule has 340 valence electrons. The molecular weight excluding hydrogens is 811 g/mol. The predicted octanol–water partition coefficient (Wildman–Crippen LogP) is 5.92. The maximum absolute atomic E-state index is 13.3. The van der Waals surface area contributed by atoms with Gasteiger partial charge in [-0.2, -0.15) is 4.98 Å². The molecule has 2 amide bonds. The third kappa shape index (κ3) is 11.9. The molecule has 1 unspecified atom stereocenters. The smallest absolute Gasteiger partial charge is 0.249 e. The van der Waals surface area contributed by atoms with Crippen molar-refractivity contribution in [2.24, 2.45) is 0 Å². The van der Waals surface area contributed by atoms with Gasteiger partial charge in [0.15, 0.2) is 5.82 Å². The molecule has 6 rings (SSSR count). The fourth-order valence-electron chi connectivity index (χ4n) is 8.54. The average molecular weight is 874 g/mol. The summed E-state index contributed by atoms with van der Waals surface area (Å²) in [5.41, 5.74) is 5.18. The number of aryl methyl sites for hydroxylation is 1. The molecule has 16 heteroatoms. The first-order valence-corrected chi connectivity index (χ1v) is 22.6. The number of likely N-dealkylation sites (N-methyl/N-ethyl adjacent to an activating group) is 2. The molecule has 0 saturated heterocycles. The van der Waals surface area contributed by atoms with Gasteiger partial charge < -0.3 is 35.3 Å². The first kappa shape index (κ1) is 47.3. The Kier molecular flexibility index (Phi) is 17.4. The lowest BCUT2D eigenvalue weighted by molar-refractivity contribution is -0.121. The number of aromatic nitrogens is 5. The van der Waals surface area contributed by atoms with Crippen molar-refractivity contribution in [3.63, 3.8) is 0 Å². The molecule has 1 aliphatic heterocycles. The summed E-state index contributed by atoms with van der Waals surface area (Å²) < 4.78 is 7.68. The minimum Gasteiger partial charge on any atom is -0.495 e. The van der Waals surface area contributed by atoms with Crippen LogP contribution in [0.4, 0.5) is 23.1 Å². The summed E-state index contributed by atoms with van der Waals surface area (Å²) in [6.45, 7) is 4.86. The number of benzene rings is 2. The van der Waals surface area contributed by atoms with Crippen LogP contribution in [0.2, 0.25) is 0 Å². The molecule has 2 aromatic carbocycles. The fraction of sp³-hybridized carbons (Fsp3) is 0.500. The fourth-order valence-corrected chi connectivity index (χ4v) is 8.54. The maximum Gasteiger partial charge on any atom is 0.249 e. The highest BCUT2D eigenvalue weighted by molar-refractivity contribution is 6.04. The van der Waals surface area contributed by atoms with Gasteiger partial charge in [0.05, 0.1) is 31.2 Å². The second-order valence-corrected chi connectivity index (χ2v) is 16.5. The minimum absolute atomic E-state index is 0.0864. The zero-order chi connectivity index (χ0) is 45.4. The second-order valence-electron chi connectivity index (χ2n) is 16.5. The van der Waals surface area contributed by atoms with Crippen molar-refractivity contribution in [1.82, 2.24) is 40.5 Å². The molecule has 4 aromatic rings. The van der Waals surface area contributed by atoms with E-state index in [9.17, 15) is 19.2 Å². The summed E-state index contributed by atoms with van der Waals surface area (Å²) in [4.78, 5) is 64.0. The lowest BCUT2D eigenvalue weighted by Gasteiger charge is -2.43. The summed E-state index contributed by atoms with van der Waals surface area (Å²) in [5, 5.41) is 18.2. The van der Waals surface area contributed by atoms with E-state index in [-0.39, 0.29) is 30.3 Å². The number of fused-ring (bicyclic) bond motifs is 1. The molecule has 3 heterocycles. The molecule has 0 radical (unpaired) electrons. The van der Waals surface area contributed by atoms with Gasteiger partial charge in [-0.25, -0.2) is 4.98 Å². The molecule has 2 atom stereocenters. The SMILES string of the molecule is CC[C@@H]1C(=O)N(C)c2cnc(Nc3ccc(-c4cn(CCCCCCNCCC#Cc5cccc(C=O)c5CN(C)C(C=O)CCC(=O)NC)nn4)cc3OC)nc2N1C1CCCC1. The van der Waals surface area contributed by atoms with Crippen LogP contribution in [0.15, 0.2) is 48.8 Å². The number of rotatable bonds is 23. The Morgan fingerprint density at radius 1 is 1.09 bits per heavy atom. The number of hydrogen-bond donors (Lipinski definition) is 3. The quantitative estimate of drug-likeness (QED) is 0.0455. The molecule has 2 aliphatic rings. The number of ether oxygens (including phenoxy) is 1. The molecule has 1 fully saturated rings. The Labute approximate surface area is 376 Å². The van der Waals surface area contributed by atoms with E-state index in [0.717, 1.165) is 123 Å². The number of anilines is 4. The van der Waals surface area contributed by atoms with E-state index < -0.39 is 6.04 Å². The number of nitrogens with one attached hydrogen (secondary N) is 3. The summed E-state index contributed by atoms with van der Waals surface area (Å²) in [6.07, 6.45) is 16.0. The van der Waals surface area contributed by atoms with Crippen molar-refractivity contribution in [1.29, 1.82) is 0 Å². The van der Waals surface area contributed by atoms with Gasteiger partial charge in [-0.15, -0.1) is 5.10 Å². The van der Waals surface area contributed by atoms with Crippen LogP contribution in [-0.4, -0.2) is 114 Å². The summed E-state index contributed by atoms with van der Waals surface area (Å²) >= 11 is 0. The van der Waals surface area contributed by atoms with Gasteiger partial charge in [0.25, 0.3) is 0 Å². The number of carbonyl (C=O) groups is 4. The summed E-state index contributed by atoms with van der Waals surface area (Å²) in [7, 11) is 6.83. The Morgan fingerprint density at radius 2 is 1.91 bits per heavy atom. The first-order valence-electron chi connectivity index (χ1n) is 22.6. The maximum atomic E-state index is 13.3. The third-order valence-electron chi connectivity index (χ3n) is 12.3. The highest BCUT2D eigenvalue weighted by Gasteiger charge is 2.41. The molecule has 3 N–H and O–H groups in total. The molecule has 64 heavy (non-hydrogen) atoms. The van der Waals surface area contributed by atoms with Crippen molar-refractivity contribution in [2.75, 3.05) is 56.5 Å². The van der Waals surface area contributed by atoms with Gasteiger partial charge in [0, 0.05) is 69.3 Å². The second kappa shape index (κ2) is 23.5. The van der Waals surface area contributed by atoms with Crippen LogP contribution in [0.5, 0.6) is 5.75 Å². The highest BCUT2D eigenvalue weighted by Crippen LogP contribution is 2.40. The van der Waals surface area contributed by atoms with Gasteiger partial charge in [-0.3, -0.25) is 24.0 Å². The van der Waals surface area contributed by atoms with E-state index in [1.807, 2.05) is 53.2 Å². The van der Waals surface area contributed by atoms with Gasteiger partial charge in [0.2, 0.25) is 17.8 Å². The predicted molar refractivity (Wildman–Crippen MR) is 249 cm³/mol. The molecule has 1 aliphatic carbocycles. The Bertz CT molecular complexity index is 2280. The van der Waals surface area contributed by atoms with Crippen LogP contribution in [0, 0.1) is 11.8 Å². The third-order valence-corrected chi connectivity index (χ3v) is 12.3. The van der Waals surface area contributed by atoms with Crippen LogP contribution in [0.25, 0.3) is 11.3 Å². The summed E-state index contributed by atoms with van der Waals surface area (Å²) in [5.74, 6) is 8.29. The van der Waals surface area contributed by atoms with Crippen molar-refractivity contribution >= 4 is 47.5 Å². The van der Waals surface area contributed by atoms with Gasteiger partial charge >= 0.3 is 0 Å². The van der Waals surface area contributed by atoms with Crippen LogP contribution < -0.4 is 30.5 Å². The topological polar surface area (TPSA) is 180 Å². The van der Waals surface area contributed by atoms with Crippen LogP contribution in [0.3, 0.4) is 0 Å². The zero-order valence-corrected chi connectivity index (χ0v) is 37.9. The molecular formula is C48H63N11O5. The molecule has 2 aromatic heterocycles. The van der Waals surface area contributed by atoms with E-state index in [2.05, 4.69) is 54.9 Å². The van der Waals surface area contributed by atoms with Crippen LogP contribution >= 0.6 is 0 Å². The van der Waals surface area contributed by atoms with Crippen molar-refractivity contribution < 1.29 is 23.9 Å². The number of methoxy groups -OCH3 is 1. The van der Waals surface area contributed by atoms with Crippen molar-refractivity contribution in [3.05, 3.63) is 65.5 Å². The lowest BCUT2D eigenvalue weighted by atomic mass is 10.00. The Balaban J connectivity index is 0.929. The monoisotopic (exact) mass is 874 g/mol. The molecule has 0 bridgehead atoms. The number of nitrogens with zero attached hydrogens (tertiary/aromatic N) is 8. The van der Waals surface area contributed by atoms with E-state index >= 15 is 0 Å². The number of carbonyl (C=O) groups excluding carboxylic acids is 4. The van der Waals surface area contributed by atoms with E-state index in [4.69, 9.17) is 9.72 Å². The molecule has 0 spiro atoms. The van der Waals surface area contributed by atoms with Gasteiger partial charge in [-0.05, 0) is 75.9 Å². The average Bonchev–Trinajstić information content (AvgIpc) is 4.03. The number of unbranched alkanes of at least 4 members (excludes halogenated alkanes) is 3. The molecule has 1 saturated carbocycles. The van der Waals surface area contributed by atoms with Crippen LogP contribution in [0.1, 0.15) is 105 Å². The standard InChI is InChI=1S/C48H63N11O5/c1-6-42-47(63)57(4)43-29-51-48(53-46(43)59(42)37-19-9-10-20-37)52-40-23-21-35(28-44(40)64-5)41-31-58(55-54-41)27-14-8-7-12-25-50-26-13-11-16-34-17-15-18-36(32-60)39(34)30-56(3)38(33-61)22-24-45(62)49-2/h15,17-18,21,23,28-29,31-33,37-38,42,50H,6-10,12-14,19-20,22,24-27,30H2,1-5H3,(H,49,62)(H,51,52,53)/t38?,42-/m1/s1. The van der Waals surface area contributed by atoms with Crippen molar-refractivity contribution in [3.8, 4) is 28.8 Å². The van der Waals surface area contributed by atoms with Gasteiger partial charge in [-0.1, -0.05) is 67.9 Å². The van der Waals surface area contributed by atoms with Crippen molar-refractivity contribution in [2.45, 2.75) is 115 Å². The van der Waals surface area contributed by atoms with E-state index in [1.54, 1.807) is 38.4 Å². The zero-order valence-electron chi connectivity index (χ0n) is 37.9. The minimum atomic E-state index is -0.452.